The Kier molecular flexibility index (Phi) is 7.10. The van der Waals surface area contributed by atoms with Crippen LogP contribution in [0.25, 0.3) is 0 Å². The molecule has 1 unspecified atom stereocenters. The average molecular weight is 459 g/mol. The third-order valence-corrected chi connectivity index (χ3v) is 8.01. The van der Waals surface area contributed by atoms with Gasteiger partial charge in [-0.25, -0.2) is 8.42 Å². The third kappa shape index (κ3) is 5.12. The molecule has 2 heterocycles. The zero-order valence-electron chi connectivity index (χ0n) is 18.3. The molecule has 2 aliphatic rings. The molecular formula is C23H30N4O4S. The maximum Gasteiger partial charge on any atom is 0.243 e. The lowest BCUT2D eigenvalue weighted by Crippen LogP contribution is -2.52. The summed E-state index contributed by atoms with van der Waals surface area (Å²) in [6.45, 7) is 6.79. The normalized spacial score (nSPS) is 19.5. The number of morpholine rings is 1. The van der Waals surface area contributed by atoms with E-state index in [0.29, 0.717) is 32.0 Å². The van der Waals surface area contributed by atoms with Gasteiger partial charge >= 0.3 is 0 Å². The molecule has 2 aromatic carbocycles. The summed E-state index contributed by atoms with van der Waals surface area (Å²) in [5.41, 5.74) is 1.79. The van der Waals surface area contributed by atoms with E-state index >= 15 is 0 Å². The highest BCUT2D eigenvalue weighted by Crippen LogP contribution is 2.20. The van der Waals surface area contributed by atoms with Crippen LogP contribution < -0.4 is 10.2 Å². The Balaban J connectivity index is 1.32. The first-order valence-corrected chi connectivity index (χ1v) is 12.4. The van der Waals surface area contributed by atoms with Crippen LogP contribution >= 0.6 is 0 Å². The van der Waals surface area contributed by atoms with Crippen LogP contribution in [0, 0.1) is 0 Å². The molecule has 1 N–H and O–H groups in total. The predicted molar refractivity (Wildman–Crippen MR) is 124 cm³/mol. The van der Waals surface area contributed by atoms with E-state index in [4.69, 9.17) is 4.74 Å². The van der Waals surface area contributed by atoms with E-state index in [0.717, 1.165) is 26.2 Å². The van der Waals surface area contributed by atoms with Crippen molar-refractivity contribution in [3.8, 4) is 0 Å². The zero-order valence-corrected chi connectivity index (χ0v) is 19.1. The number of carbonyl (C=O) groups excluding carboxylic acids is 1. The van der Waals surface area contributed by atoms with Crippen LogP contribution in [-0.2, 0) is 19.6 Å². The minimum atomic E-state index is -3.54. The SMILES string of the molecule is CC(C(=O)Nc1ccc(S(=O)(=O)N2CCOCC2)cc1)N1CCN(c2ccccc2)CC1. The molecule has 0 aromatic heterocycles. The molecular weight excluding hydrogens is 428 g/mol. The number of piperazine rings is 1. The molecule has 2 fully saturated rings. The molecule has 8 nitrogen and oxygen atoms in total. The molecule has 0 spiro atoms. The van der Waals surface area contributed by atoms with Crippen molar-refractivity contribution in [2.45, 2.75) is 17.9 Å². The van der Waals surface area contributed by atoms with E-state index in [2.05, 4.69) is 27.2 Å². The highest BCUT2D eigenvalue weighted by Gasteiger charge is 2.27. The number of ether oxygens (including phenoxy) is 1. The van der Waals surface area contributed by atoms with Crippen molar-refractivity contribution in [3.63, 3.8) is 0 Å². The Labute approximate surface area is 189 Å². The summed E-state index contributed by atoms with van der Waals surface area (Å²) in [5, 5.41) is 2.92. The number of nitrogens with one attached hydrogen (secondary N) is 1. The summed E-state index contributed by atoms with van der Waals surface area (Å²) in [5.74, 6) is -0.0954. The lowest BCUT2D eigenvalue weighted by atomic mass is 10.2. The number of rotatable bonds is 6. The number of carbonyl (C=O) groups is 1. The quantitative estimate of drug-likeness (QED) is 0.712. The van der Waals surface area contributed by atoms with E-state index in [1.165, 1.54) is 9.99 Å². The van der Waals surface area contributed by atoms with Crippen LogP contribution in [-0.4, -0.2) is 82.1 Å². The zero-order chi connectivity index (χ0) is 22.6. The summed E-state index contributed by atoms with van der Waals surface area (Å²) >= 11 is 0. The topological polar surface area (TPSA) is 82.2 Å². The van der Waals surface area contributed by atoms with Crippen LogP contribution in [0.5, 0.6) is 0 Å². The molecule has 2 saturated heterocycles. The number of anilines is 2. The Morgan fingerprint density at radius 1 is 0.906 bits per heavy atom. The number of benzene rings is 2. The highest BCUT2D eigenvalue weighted by molar-refractivity contribution is 7.89. The number of hydrogen-bond donors (Lipinski definition) is 1. The summed E-state index contributed by atoms with van der Waals surface area (Å²) in [6, 6.07) is 16.4. The van der Waals surface area contributed by atoms with Crippen molar-refractivity contribution in [1.29, 1.82) is 0 Å². The van der Waals surface area contributed by atoms with E-state index in [1.54, 1.807) is 24.3 Å². The Hall–Kier alpha value is -2.46. The van der Waals surface area contributed by atoms with Gasteiger partial charge in [0, 0.05) is 50.6 Å². The fourth-order valence-corrected chi connectivity index (χ4v) is 5.47. The first-order valence-electron chi connectivity index (χ1n) is 11.0. The van der Waals surface area contributed by atoms with Gasteiger partial charge in [0.2, 0.25) is 15.9 Å². The minimum absolute atomic E-state index is 0.0954. The van der Waals surface area contributed by atoms with Gasteiger partial charge in [0.15, 0.2) is 0 Å². The van der Waals surface area contributed by atoms with Crippen molar-refractivity contribution in [1.82, 2.24) is 9.21 Å². The molecule has 9 heteroatoms. The van der Waals surface area contributed by atoms with Gasteiger partial charge in [-0.05, 0) is 43.3 Å². The number of para-hydroxylation sites is 1. The van der Waals surface area contributed by atoms with Crippen molar-refractivity contribution >= 4 is 27.3 Å². The van der Waals surface area contributed by atoms with Crippen LogP contribution in [0.15, 0.2) is 59.5 Å². The number of sulfonamides is 1. The second kappa shape index (κ2) is 9.99. The molecule has 1 atom stereocenters. The summed E-state index contributed by atoms with van der Waals surface area (Å²) in [6.07, 6.45) is 0. The van der Waals surface area contributed by atoms with Crippen LogP contribution in [0.3, 0.4) is 0 Å². The van der Waals surface area contributed by atoms with Gasteiger partial charge in [0.25, 0.3) is 0 Å². The molecule has 0 saturated carbocycles. The molecule has 2 aromatic rings. The summed E-state index contributed by atoms with van der Waals surface area (Å²) < 4.78 is 32.1. The van der Waals surface area contributed by atoms with E-state index < -0.39 is 10.0 Å². The minimum Gasteiger partial charge on any atom is -0.379 e. The smallest absolute Gasteiger partial charge is 0.243 e. The second-order valence-corrected chi connectivity index (χ2v) is 10.0. The number of nitrogens with zero attached hydrogens (tertiary/aromatic N) is 3. The monoisotopic (exact) mass is 458 g/mol. The second-order valence-electron chi connectivity index (χ2n) is 8.06. The molecule has 172 valence electrons. The Bertz CT molecular complexity index is 1000. The Morgan fingerprint density at radius 2 is 1.53 bits per heavy atom. The van der Waals surface area contributed by atoms with Crippen molar-refractivity contribution in [3.05, 3.63) is 54.6 Å². The first-order chi connectivity index (χ1) is 15.4. The van der Waals surface area contributed by atoms with E-state index in [9.17, 15) is 13.2 Å². The van der Waals surface area contributed by atoms with Crippen LogP contribution in [0.2, 0.25) is 0 Å². The third-order valence-electron chi connectivity index (χ3n) is 6.09. The fraction of sp³-hybridized carbons (Fsp3) is 0.435. The lowest BCUT2D eigenvalue weighted by molar-refractivity contribution is -0.120. The lowest BCUT2D eigenvalue weighted by Gasteiger charge is -2.38. The van der Waals surface area contributed by atoms with Crippen LogP contribution in [0.4, 0.5) is 11.4 Å². The first kappa shape index (κ1) is 22.7. The maximum absolute atomic E-state index is 12.8. The molecule has 2 aliphatic heterocycles. The summed E-state index contributed by atoms with van der Waals surface area (Å²) in [7, 11) is -3.54. The molecule has 0 bridgehead atoms. The van der Waals surface area contributed by atoms with Gasteiger partial charge in [-0.2, -0.15) is 4.31 Å². The summed E-state index contributed by atoms with van der Waals surface area (Å²) in [4.78, 5) is 17.5. The van der Waals surface area contributed by atoms with Gasteiger partial charge < -0.3 is 15.0 Å². The van der Waals surface area contributed by atoms with Crippen molar-refractivity contribution < 1.29 is 17.9 Å². The van der Waals surface area contributed by atoms with Gasteiger partial charge in [-0.3, -0.25) is 9.69 Å². The van der Waals surface area contributed by atoms with Crippen molar-refractivity contribution in [2.75, 3.05) is 62.7 Å². The van der Waals surface area contributed by atoms with Gasteiger partial charge in [0.1, 0.15) is 0 Å². The molecule has 0 radical (unpaired) electrons. The van der Waals surface area contributed by atoms with Gasteiger partial charge in [-0.15, -0.1) is 0 Å². The highest BCUT2D eigenvalue weighted by atomic mass is 32.2. The largest absolute Gasteiger partial charge is 0.379 e. The standard InChI is InChI=1S/C23H30N4O4S/c1-19(25-11-13-26(14-12-25)21-5-3-2-4-6-21)23(28)24-20-7-9-22(10-8-20)32(29,30)27-15-17-31-18-16-27/h2-10,19H,11-18H2,1H3,(H,24,28). The van der Waals surface area contributed by atoms with Gasteiger partial charge in [0.05, 0.1) is 24.2 Å². The fourth-order valence-electron chi connectivity index (χ4n) is 4.07. The number of hydrogen-bond acceptors (Lipinski definition) is 6. The molecule has 0 aliphatic carbocycles. The average Bonchev–Trinajstić information content (AvgIpc) is 2.85. The Morgan fingerprint density at radius 3 is 2.16 bits per heavy atom. The van der Waals surface area contributed by atoms with E-state index in [1.807, 2.05) is 25.1 Å². The molecule has 32 heavy (non-hydrogen) atoms. The van der Waals surface area contributed by atoms with E-state index in [-0.39, 0.29) is 16.8 Å². The molecule has 4 rings (SSSR count). The van der Waals surface area contributed by atoms with Crippen LogP contribution in [0.1, 0.15) is 6.92 Å². The van der Waals surface area contributed by atoms with Gasteiger partial charge in [-0.1, -0.05) is 18.2 Å². The maximum atomic E-state index is 12.8. The van der Waals surface area contributed by atoms with Crippen molar-refractivity contribution in [2.24, 2.45) is 0 Å². The number of amides is 1. The predicted octanol–water partition coefficient (Wildman–Crippen LogP) is 1.86. The molecule has 1 amide bonds.